The Morgan fingerprint density at radius 1 is 1.12 bits per heavy atom. The maximum atomic E-state index is 12.9. The molecule has 0 bridgehead atoms. The molecule has 1 saturated heterocycles. The van der Waals surface area contributed by atoms with Gasteiger partial charge in [-0.3, -0.25) is 14.5 Å². The van der Waals surface area contributed by atoms with Crippen LogP contribution in [0, 0.1) is 11.8 Å². The lowest BCUT2D eigenvalue weighted by molar-refractivity contribution is -0.135. The van der Waals surface area contributed by atoms with Crippen LogP contribution in [0.5, 0.6) is 0 Å². The van der Waals surface area contributed by atoms with E-state index in [9.17, 15) is 14.4 Å². The van der Waals surface area contributed by atoms with Crippen molar-refractivity contribution >= 4 is 17.8 Å². The molecular formula is C19H31N3O3. The van der Waals surface area contributed by atoms with Crippen molar-refractivity contribution in [1.82, 2.24) is 15.5 Å². The molecule has 6 heteroatoms. The predicted molar refractivity (Wildman–Crippen MR) is 94.8 cm³/mol. The predicted octanol–water partition coefficient (Wildman–Crippen LogP) is 2.57. The van der Waals surface area contributed by atoms with Gasteiger partial charge in [-0.25, -0.2) is 4.79 Å². The Morgan fingerprint density at radius 3 is 2.48 bits per heavy atom. The first-order chi connectivity index (χ1) is 11.9. The first kappa shape index (κ1) is 18.2. The van der Waals surface area contributed by atoms with Crippen LogP contribution in [0.2, 0.25) is 0 Å². The van der Waals surface area contributed by atoms with Crippen LogP contribution >= 0.6 is 0 Å². The smallest absolute Gasteiger partial charge is 0.325 e. The topological polar surface area (TPSA) is 78.5 Å². The molecule has 3 fully saturated rings. The Bertz CT molecular complexity index is 540. The zero-order valence-corrected chi connectivity index (χ0v) is 15.5. The Hall–Kier alpha value is -1.59. The van der Waals surface area contributed by atoms with Crippen molar-refractivity contribution in [1.29, 1.82) is 0 Å². The number of carbonyl (C=O) groups is 3. The van der Waals surface area contributed by atoms with E-state index in [1.807, 2.05) is 0 Å². The van der Waals surface area contributed by atoms with Gasteiger partial charge in [-0.2, -0.15) is 0 Å². The second kappa shape index (κ2) is 7.34. The van der Waals surface area contributed by atoms with Crippen LogP contribution in [-0.2, 0) is 9.59 Å². The van der Waals surface area contributed by atoms with Gasteiger partial charge in [-0.1, -0.05) is 52.4 Å². The van der Waals surface area contributed by atoms with Crippen LogP contribution in [0.25, 0.3) is 0 Å². The van der Waals surface area contributed by atoms with E-state index in [-0.39, 0.29) is 24.4 Å². The average Bonchev–Trinajstić information content (AvgIpc) is 2.74. The molecule has 2 aliphatic carbocycles. The number of amides is 4. The molecule has 3 aliphatic rings. The largest absolute Gasteiger partial charge is 0.352 e. The summed E-state index contributed by atoms with van der Waals surface area (Å²) < 4.78 is 0. The number of nitrogens with zero attached hydrogens (tertiary/aromatic N) is 1. The SMILES string of the molecule is C[C@H]1[C@H](C)CCC[C@H]1NC(=O)CN1C(=O)NC2(CCCCCC2)C1=O. The third-order valence-corrected chi connectivity index (χ3v) is 6.56. The zero-order chi connectivity index (χ0) is 18.0. The van der Waals surface area contributed by atoms with Crippen molar-refractivity contribution in [2.24, 2.45) is 11.8 Å². The van der Waals surface area contributed by atoms with Gasteiger partial charge in [0.15, 0.2) is 0 Å². The molecule has 140 valence electrons. The normalized spacial score (nSPS) is 32.4. The van der Waals surface area contributed by atoms with E-state index in [1.165, 1.54) is 6.42 Å². The first-order valence-corrected chi connectivity index (χ1v) is 9.86. The molecule has 1 spiro atoms. The lowest BCUT2D eigenvalue weighted by Crippen LogP contribution is -2.49. The van der Waals surface area contributed by atoms with Gasteiger partial charge in [0.2, 0.25) is 5.91 Å². The summed E-state index contributed by atoms with van der Waals surface area (Å²) in [5.74, 6) is 0.582. The molecule has 2 saturated carbocycles. The number of imide groups is 1. The van der Waals surface area contributed by atoms with E-state index in [1.54, 1.807) is 0 Å². The van der Waals surface area contributed by atoms with E-state index in [2.05, 4.69) is 24.5 Å². The van der Waals surface area contributed by atoms with Crippen LogP contribution in [0.1, 0.15) is 71.6 Å². The molecule has 1 aliphatic heterocycles. The van der Waals surface area contributed by atoms with Gasteiger partial charge in [-0.15, -0.1) is 0 Å². The summed E-state index contributed by atoms with van der Waals surface area (Å²) in [5.41, 5.74) is -0.763. The molecule has 0 unspecified atom stereocenters. The van der Waals surface area contributed by atoms with Gasteiger partial charge in [0.1, 0.15) is 12.1 Å². The van der Waals surface area contributed by atoms with Gasteiger partial charge in [-0.05, 0) is 31.1 Å². The lowest BCUT2D eigenvalue weighted by atomic mass is 9.78. The standard InChI is InChI=1S/C19H31N3O3/c1-13-8-7-9-15(14(13)2)20-16(23)12-22-17(24)19(21-18(22)25)10-5-3-4-6-11-19/h13-15H,3-12H2,1-2H3,(H,20,23)(H,21,25)/t13-,14+,15-/m1/s1. The van der Waals surface area contributed by atoms with Crippen molar-refractivity contribution in [3.05, 3.63) is 0 Å². The number of hydrogen-bond acceptors (Lipinski definition) is 3. The quantitative estimate of drug-likeness (QED) is 0.769. The fourth-order valence-corrected chi connectivity index (χ4v) is 4.67. The van der Waals surface area contributed by atoms with Crippen molar-refractivity contribution in [2.75, 3.05) is 6.54 Å². The molecule has 3 atom stereocenters. The summed E-state index contributed by atoms with van der Waals surface area (Å²) >= 11 is 0. The fraction of sp³-hybridized carbons (Fsp3) is 0.842. The fourth-order valence-electron chi connectivity index (χ4n) is 4.67. The van der Waals surface area contributed by atoms with Crippen LogP contribution in [0.3, 0.4) is 0 Å². The van der Waals surface area contributed by atoms with Crippen LogP contribution in [0.4, 0.5) is 4.79 Å². The summed E-state index contributed by atoms with van der Waals surface area (Å²) in [6, 6.07) is -0.268. The minimum atomic E-state index is -0.763. The molecule has 25 heavy (non-hydrogen) atoms. The highest BCUT2D eigenvalue weighted by Gasteiger charge is 2.51. The van der Waals surface area contributed by atoms with E-state index < -0.39 is 11.6 Å². The minimum absolute atomic E-state index is 0.142. The van der Waals surface area contributed by atoms with E-state index in [0.29, 0.717) is 24.7 Å². The Labute approximate surface area is 150 Å². The van der Waals surface area contributed by atoms with Gasteiger partial charge in [0.05, 0.1) is 0 Å². The molecule has 0 aromatic heterocycles. The highest BCUT2D eigenvalue weighted by Crippen LogP contribution is 2.33. The number of nitrogens with one attached hydrogen (secondary N) is 2. The average molecular weight is 349 g/mol. The second-order valence-electron chi connectivity index (χ2n) is 8.26. The lowest BCUT2D eigenvalue weighted by Gasteiger charge is -2.34. The molecule has 0 radical (unpaired) electrons. The maximum absolute atomic E-state index is 12.9. The molecule has 6 nitrogen and oxygen atoms in total. The second-order valence-corrected chi connectivity index (χ2v) is 8.26. The highest BCUT2D eigenvalue weighted by molar-refractivity contribution is 6.09. The summed E-state index contributed by atoms with van der Waals surface area (Å²) in [4.78, 5) is 38.8. The van der Waals surface area contributed by atoms with E-state index >= 15 is 0 Å². The van der Waals surface area contributed by atoms with E-state index in [0.717, 1.165) is 43.4 Å². The maximum Gasteiger partial charge on any atom is 0.325 e. The summed E-state index contributed by atoms with van der Waals surface area (Å²) in [6.45, 7) is 4.23. The van der Waals surface area contributed by atoms with E-state index in [4.69, 9.17) is 0 Å². The number of rotatable bonds is 3. The molecule has 3 rings (SSSR count). The summed E-state index contributed by atoms with van der Waals surface area (Å²) in [7, 11) is 0. The number of hydrogen-bond donors (Lipinski definition) is 2. The van der Waals surface area contributed by atoms with Crippen LogP contribution in [0.15, 0.2) is 0 Å². The number of carbonyl (C=O) groups excluding carboxylic acids is 3. The molecule has 4 amide bonds. The first-order valence-electron chi connectivity index (χ1n) is 9.86. The van der Waals surface area contributed by atoms with Crippen LogP contribution < -0.4 is 10.6 Å². The van der Waals surface area contributed by atoms with Gasteiger partial charge in [0.25, 0.3) is 5.91 Å². The molecule has 1 heterocycles. The van der Waals surface area contributed by atoms with Crippen LogP contribution in [-0.4, -0.2) is 40.9 Å². The highest BCUT2D eigenvalue weighted by atomic mass is 16.2. The van der Waals surface area contributed by atoms with Crippen molar-refractivity contribution in [3.8, 4) is 0 Å². The van der Waals surface area contributed by atoms with Crippen molar-refractivity contribution in [3.63, 3.8) is 0 Å². The molecule has 0 aromatic rings. The van der Waals surface area contributed by atoms with Gasteiger partial charge in [0, 0.05) is 6.04 Å². The Kier molecular flexibility index (Phi) is 5.35. The molecule has 2 N–H and O–H groups in total. The Balaban J connectivity index is 1.61. The van der Waals surface area contributed by atoms with Gasteiger partial charge >= 0.3 is 6.03 Å². The Morgan fingerprint density at radius 2 is 1.80 bits per heavy atom. The van der Waals surface area contributed by atoms with Gasteiger partial charge < -0.3 is 10.6 Å². The van der Waals surface area contributed by atoms with Crippen molar-refractivity contribution in [2.45, 2.75) is 83.2 Å². The summed E-state index contributed by atoms with van der Waals surface area (Å²) in [5, 5.41) is 5.95. The molecular weight excluding hydrogens is 318 g/mol. The third kappa shape index (κ3) is 3.67. The van der Waals surface area contributed by atoms with Crippen molar-refractivity contribution < 1.29 is 14.4 Å². The zero-order valence-electron chi connectivity index (χ0n) is 15.5. The summed E-state index contributed by atoms with van der Waals surface area (Å²) in [6.07, 6.45) is 8.76. The monoisotopic (exact) mass is 349 g/mol. The molecule has 0 aromatic carbocycles. The minimum Gasteiger partial charge on any atom is -0.352 e. The third-order valence-electron chi connectivity index (χ3n) is 6.56. The number of urea groups is 1.